The Morgan fingerprint density at radius 2 is 1.61 bits per heavy atom. The number of fused-ring (bicyclic) bond motifs is 3. The Labute approximate surface area is 348 Å². The fourth-order valence-electron chi connectivity index (χ4n) is 9.42. The van der Waals surface area contributed by atoms with Crippen LogP contribution in [-0.4, -0.2) is 77.8 Å². The van der Waals surface area contributed by atoms with Gasteiger partial charge in [-0.05, 0) is 125 Å². The van der Waals surface area contributed by atoms with Gasteiger partial charge in [-0.2, -0.15) is 0 Å². The van der Waals surface area contributed by atoms with E-state index in [2.05, 4.69) is 70.0 Å². The zero-order valence-corrected chi connectivity index (χ0v) is 34.3. The molecule has 4 aliphatic rings. The van der Waals surface area contributed by atoms with Gasteiger partial charge in [0.25, 0.3) is 0 Å². The number of rotatable bonds is 12. The average Bonchev–Trinajstić information content (AvgIpc) is 3.49. The largest absolute Gasteiger partial charge is 0.504 e. The van der Waals surface area contributed by atoms with Gasteiger partial charge >= 0.3 is 7.12 Å². The molecule has 0 radical (unpaired) electrons. The number of halogens is 1. The number of phenols is 1. The number of piperidine rings is 1. The minimum absolute atomic E-state index is 0.0893. The standard InChI is InChI=1S/C46H48BIN2O7/c1-55-41-25-31(24-39(48)44(41)51)23-33(32-13-7-3-8-14-32)17-18-40-42-34(29-56-36-15-9-4-10-16-36)26-37-43(38(42)27-47(54)57-40)46(53)50(45(37)52)35-19-21-49(22-20-35)28-30-11-5-2-6-12-30/h2-16,23-25,35,37-38,40,43,51,54H,17-22,26-29H2,1H3/b33-23-/t37-,38+,40-,43-/m1/s1. The molecule has 294 valence electrons. The molecule has 0 spiro atoms. The van der Waals surface area contributed by atoms with Gasteiger partial charge in [0.2, 0.25) is 11.8 Å². The number of likely N-dealkylation sites (tertiary alicyclic amines) is 2. The van der Waals surface area contributed by atoms with Crippen molar-refractivity contribution in [1.29, 1.82) is 0 Å². The molecule has 2 amide bonds. The number of aromatic hydroxyl groups is 1. The van der Waals surface area contributed by atoms with Gasteiger partial charge in [0.05, 0.1) is 28.6 Å². The van der Waals surface area contributed by atoms with Crippen LogP contribution in [0.25, 0.3) is 11.6 Å². The summed E-state index contributed by atoms with van der Waals surface area (Å²) < 4.78 is 18.9. The average molecular weight is 879 g/mol. The lowest BCUT2D eigenvalue weighted by Crippen LogP contribution is -2.48. The van der Waals surface area contributed by atoms with Gasteiger partial charge in [-0.3, -0.25) is 19.4 Å². The second kappa shape index (κ2) is 17.6. The predicted molar refractivity (Wildman–Crippen MR) is 229 cm³/mol. The van der Waals surface area contributed by atoms with Crippen LogP contribution in [0.4, 0.5) is 0 Å². The van der Waals surface area contributed by atoms with Crippen molar-refractivity contribution in [3.63, 3.8) is 0 Å². The van der Waals surface area contributed by atoms with E-state index in [1.165, 1.54) is 12.7 Å². The summed E-state index contributed by atoms with van der Waals surface area (Å²) >= 11 is 2.11. The number of benzene rings is 4. The first-order valence-corrected chi connectivity index (χ1v) is 21.0. The van der Waals surface area contributed by atoms with Gasteiger partial charge in [0.15, 0.2) is 11.5 Å². The Bertz CT molecular complexity index is 2120. The van der Waals surface area contributed by atoms with Crippen molar-refractivity contribution in [2.75, 3.05) is 26.8 Å². The summed E-state index contributed by atoms with van der Waals surface area (Å²) in [5, 5.41) is 21.9. The predicted octanol–water partition coefficient (Wildman–Crippen LogP) is 7.87. The van der Waals surface area contributed by atoms with Gasteiger partial charge in [-0.15, -0.1) is 0 Å². The first-order valence-electron chi connectivity index (χ1n) is 20.0. The zero-order valence-electron chi connectivity index (χ0n) is 32.1. The fraction of sp³-hybridized carbons (Fsp3) is 0.348. The molecular weight excluding hydrogens is 830 g/mol. The minimum atomic E-state index is -1.08. The highest BCUT2D eigenvalue weighted by Gasteiger charge is 2.58. The van der Waals surface area contributed by atoms with Crippen molar-refractivity contribution in [2.45, 2.75) is 57.1 Å². The molecule has 11 heteroatoms. The smallest absolute Gasteiger partial charge is 0.455 e. The van der Waals surface area contributed by atoms with E-state index in [0.29, 0.717) is 28.6 Å². The van der Waals surface area contributed by atoms with Gasteiger partial charge in [0, 0.05) is 25.7 Å². The Morgan fingerprint density at radius 3 is 2.32 bits per heavy atom. The highest BCUT2D eigenvalue weighted by Crippen LogP contribution is 2.51. The van der Waals surface area contributed by atoms with Gasteiger partial charge in [0.1, 0.15) is 12.4 Å². The van der Waals surface area contributed by atoms with E-state index in [9.17, 15) is 19.7 Å². The van der Waals surface area contributed by atoms with Crippen LogP contribution in [0.1, 0.15) is 48.8 Å². The van der Waals surface area contributed by atoms with Crippen LogP contribution in [0.3, 0.4) is 0 Å². The molecule has 4 atom stereocenters. The molecule has 0 aromatic heterocycles. The van der Waals surface area contributed by atoms with E-state index in [-0.39, 0.29) is 42.5 Å². The number of ether oxygens (including phenoxy) is 2. The SMILES string of the molecule is COc1cc(/C=C(/CC[C@H]2OB(O)C[C@H]3C2=C(COc2ccccc2)C[C@H]2C(=O)N(C4CCN(Cc5ccccc5)CC4)C(=O)[C@H]23)c2ccccc2)cc(I)c1O. The van der Waals surface area contributed by atoms with Crippen LogP contribution < -0.4 is 9.47 Å². The molecule has 3 saturated heterocycles. The molecular formula is C46H48BIN2O7. The van der Waals surface area contributed by atoms with Crippen LogP contribution in [0.2, 0.25) is 6.32 Å². The number of methoxy groups -OCH3 is 1. The molecule has 0 saturated carbocycles. The number of hydrogen-bond acceptors (Lipinski definition) is 8. The first-order chi connectivity index (χ1) is 27.8. The second-order valence-corrected chi connectivity index (χ2v) is 16.7. The Balaban J connectivity index is 1.07. The summed E-state index contributed by atoms with van der Waals surface area (Å²) in [4.78, 5) is 33.0. The lowest BCUT2D eigenvalue weighted by molar-refractivity contribution is -0.144. The molecule has 0 bridgehead atoms. The molecule has 8 rings (SSSR count). The third kappa shape index (κ3) is 8.58. The lowest BCUT2D eigenvalue weighted by Gasteiger charge is -2.43. The van der Waals surface area contributed by atoms with Crippen LogP contribution in [0, 0.1) is 21.3 Å². The molecule has 3 fully saturated rings. The molecule has 57 heavy (non-hydrogen) atoms. The van der Waals surface area contributed by atoms with Crippen LogP contribution >= 0.6 is 22.6 Å². The number of para-hydroxylation sites is 1. The first kappa shape index (κ1) is 39.4. The third-order valence-electron chi connectivity index (χ3n) is 12.1. The van der Waals surface area contributed by atoms with E-state index < -0.39 is 25.1 Å². The van der Waals surface area contributed by atoms with E-state index in [0.717, 1.165) is 66.1 Å². The van der Waals surface area contributed by atoms with Crippen molar-refractivity contribution in [3.8, 4) is 17.2 Å². The van der Waals surface area contributed by atoms with Crippen molar-refractivity contribution >= 4 is 53.2 Å². The van der Waals surface area contributed by atoms with Crippen LogP contribution in [0.5, 0.6) is 17.2 Å². The molecule has 0 unspecified atom stereocenters. The zero-order chi connectivity index (χ0) is 39.5. The molecule has 4 aromatic carbocycles. The van der Waals surface area contributed by atoms with E-state index in [4.69, 9.17) is 14.1 Å². The maximum atomic E-state index is 14.6. The maximum Gasteiger partial charge on any atom is 0.455 e. The maximum absolute atomic E-state index is 14.6. The summed E-state index contributed by atoms with van der Waals surface area (Å²) in [5.74, 6) is -0.365. The summed E-state index contributed by atoms with van der Waals surface area (Å²) in [6.07, 6.45) is 4.89. The van der Waals surface area contributed by atoms with Gasteiger partial charge in [-0.25, -0.2) is 0 Å². The molecule has 3 heterocycles. The summed E-state index contributed by atoms with van der Waals surface area (Å²) in [6.45, 7) is 2.75. The quantitative estimate of drug-likeness (QED) is 0.0487. The van der Waals surface area contributed by atoms with Crippen molar-refractivity contribution in [2.24, 2.45) is 17.8 Å². The van der Waals surface area contributed by atoms with Crippen molar-refractivity contribution in [1.82, 2.24) is 9.80 Å². The fourth-order valence-corrected chi connectivity index (χ4v) is 10.0. The molecule has 3 aliphatic heterocycles. The molecule has 1 aliphatic carbocycles. The third-order valence-corrected chi connectivity index (χ3v) is 12.9. The highest BCUT2D eigenvalue weighted by atomic mass is 127. The molecule has 9 nitrogen and oxygen atoms in total. The Hall–Kier alpha value is -4.43. The van der Waals surface area contributed by atoms with E-state index in [1.54, 1.807) is 4.90 Å². The summed E-state index contributed by atoms with van der Waals surface area (Å²) in [7, 11) is 0.460. The molecule has 4 aromatic rings. The number of hydrogen-bond donors (Lipinski definition) is 2. The van der Waals surface area contributed by atoms with E-state index >= 15 is 0 Å². The van der Waals surface area contributed by atoms with Crippen LogP contribution in [0.15, 0.2) is 114 Å². The minimum Gasteiger partial charge on any atom is -0.504 e. The number of carbonyl (C=O) groups excluding carboxylic acids is 2. The lowest BCUT2D eigenvalue weighted by atomic mass is 9.58. The number of nitrogens with zero attached hydrogens (tertiary/aromatic N) is 2. The number of imide groups is 1. The van der Waals surface area contributed by atoms with Crippen molar-refractivity contribution < 1.29 is 33.8 Å². The van der Waals surface area contributed by atoms with E-state index in [1.807, 2.05) is 66.7 Å². The number of allylic oxidation sites excluding steroid dienone is 1. The number of phenolic OH excluding ortho intramolecular Hbond substituents is 1. The second-order valence-electron chi connectivity index (χ2n) is 15.6. The monoisotopic (exact) mass is 878 g/mol. The number of amides is 2. The Morgan fingerprint density at radius 1 is 0.930 bits per heavy atom. The Kier molecular flexibility index (Phi) is 12.2. The highest BCUT2D eigenvalue weighted by molar-refractivity contribution is 14.1. The van der Waals surface area contributed by atoms with Gasteiger partial charge < -0.3 is 24.3 Å². The van der Waals surface area contributed by atoms with Crippen molar-refractivity contribution in [3.05, 3.63) is 135 Å². The summed E-state index contributed by atoms with van der Waals surface area (Å²) in [6, 6.07) is 33.8. The summed E-state index contributed by atoms with van der Waals surface area (Å²) in [5.41, 5.74) is 6.20. The topological polar surface area (TPSA) is 109 Å². The number of carbonyl (C=O) groups is 2. The normalized spacial score (nSPS) is 23.1. The van der Waals surface area contributed by atoms with Crippen LogP contribution in [-0.2, 0) is 20.8 Å². The molecule has 2 N–H and O–H groups in total. The van der Waals surface area contributed by atoms with Gasteiger partial charge in [-0.1, -0.05) is 84.9 Å².